The van der Waals surface area contributed by atoms with Crippen molar-refractivity contribution in [3.63, 3.8) is 0 Å². The van der Waals surface area contributed by atoms with Crippen LogP contribution in [0, 0.1) is 0 Å². The fraction of sp³-hybridized carbons (Fsp3) is 0.500. The minimum atomic E-state index is -4.04. The Labute approximate surface area is 103 Å². The first-order valence-corrected chi connectivity index (χ1v) is 5.64. The Bertz CT molecular complexity index is 382. The first-order chi connectivity index (χ1) is 8.38. The minimum absolute atomic E-state index is 0.247. The summed E-state index contributed by atoms with van der Waals surface area (Å²) in [5.74, 6) is -4.04. The molecule has 0 aliphatic rings. The number of rotatable bonds is 6. The van der Waals surface area contributed by atoms with E-state index in [1.54, 1.807) is 31.2 Å². The number of alkyl halides is 4. The highest BCUT2D eigenvalue weighted by Crippen LogP contribution is 2.29. The Morgan fingerprint density at radius 3 is 2.39 bits per heavy atom. The molecule has 0 heterocycles. The molecule has 1 rings (SSSR count). The summed E-state index contributed by atoms with van der Waals surface area (Å²) in [6.45, 7) is 0.996. The van der Waals surface area contributed by atoms with Gasteiger partial charge in [-0.1, -0.05) is 19.1 Å². The monoisotopic (exact) mass is 264 g/mol. The fourth-order valence-corrected chi connectivity index (χ4v) is 1.65. The number of nitrogens with zero attached hydrogens (tertiary/aromatic N) is 1. The lowest BCUT2D eigenvalue weighted by atomic mass is 10.2. The van der Waals surface area contributed by atoms with Crippen LogP contribution in [0.15, 0.2) is 24.3 Å². The van der Waals surface area contributed by atoms with Crippen LogP contribution < -0.4 is 10.6 Å². The maximum absolute atomic E-state index is 13.1. The molecule has 0 bridgehead atoms. The zero-order chi connectivity index (χ0) is 13.8. The summed E-state index contributed by atoms with van der Waals surface area (Å²) in [6.07, 6.45) is -3.12. The van der Waals surface area contributed by atoms with Crippen molar-refractivity contribution >= 4 is 11.4 Å². The number of halogens is 4. The second-order valence-corrected chi connectivity index (χ2v) is 4.04. The van der Waals surface area contributed by atoms with Crippen molar-refractivity contribution in [3.05, 3.63) is 24.3 Å². The van der Waals surface area contributed by atoms with Crippen molar-refractivity contribution in [2.24, 2.45) is 0 Å². The first-order valence-electron chi connectivity index (χ1n) is 5.64. The van der Waals surface area contributed by atoms with Crippen molar-refractivity contribution in [1.29, 1.82) is 0 Å². The molecule has 102 valence electrons. The molecular weight excluding hydrogens is 248 g/mol. The molecule has 0 amide bonds. The zero-order valence-electron chi connectivity index (χ0n) is 10.0. The molecule has 0 saturated carbocycles. The highest BCUT2D eigenvalue weighted by atomic mass is 19.3. The quantitative estimate of drug-likeness (QED) is 0.630. The van der Waals surface area contributed by atoms with Gasteiger partial charge in [-0.2, -0.15) is 8.78 Å². The predicted octanol–water partition coefficient (Wildman–Crippen LogP) is 3.39. The number of anilines is 2. The molecule has 0 atom stereocenters. The average molecular weight is 264 g/mol. The van der Waals surface area contributed by atoms with E-state index >= 15 is 0 Å². The van der Waals surface area contributed by atoms with E-state index in [1.165, 1.54) is 4.90 Å². The van der Waals surface area contributed by atoms with E-state index in [1.807, 2.05) is 0 Å². The summed E-state index contributed by atoms with van der Waals surface area (Å²) in [5.41, 5.74) is 6.34. The summed E-state index contributed by atoms with van der Waals surface area (Å²) in [5, 5.41) is 0. The summed E-state index contributed by atoms with van der Waals surface area (Å²) >= 11 is 0. The van der Waals surface area contributed by atoms with Crippen molar-refractivity contribution in [2.45, 2.75) is 25.7 Å². The highest BCUT2D eigenvalue weighted by molar-refractivity contribution is 5.67. The third kappa shape index (κ3) is 3.51. The van der Waals surface area contributed by atoms with Crippen LogP contribution in [0.5, 0.6) is 0 Å². The van der Waals surface area contributed by atoms with Gasteiger partial charge in [-0.05, 0) is 18.6 Å². The Morgan fingerprint density at radius 2 is 1.89 bits per heavy atom. The van der Waals surface area contributed by atoms with Crippen LogP contribution in [0.25, 0.3) is 0 Å². The maximum Gasteiger partial charge on any atom is 0.324 e. The normalized spacial score (nSPS) is 11.9. The molecule has 0 aliphatic heterocycles. The largest absolute Gasteiger partial charge is 0.397 e. The minimum Gasteiger partial charge on any atom is -0.397 e. The van der Waals surface area contributed by atoms with Crippen molar-refractivity contribution in [2.75, 3.05) is 23.7 Å². The van der Waals surface area contributed by atoms with Crippen LogP contribution in [-0.2, 0) is 0 Å². The van der Waals surface area contributed by atoms with Gasteiger partial charge in [-0.3, -0.25) is 0 Å². The van der Waals surface area contributed by atoms with Crippen molar-refractivity contribution < 1.29 is 17.6 Å². The molecule has 2 N–H and O–H groups in total. The van der Waals surface area contributed by atoms with Gasteiger partial charge in [0.05, 0.1) is 17.9 Å². The van der Waals surface area contributed by atoms with Gasteiger partial charge in [-0.15, -0.1) is 0 Å². The van der Waals surface area contributed by atoms with Gasteiger partial charge in [0.15, 0.2) is 0 Å². The van der Waals surface area contributed by atoms with Gasteiger partial charge in [0.1, 0.15) is 0 Å². The third-order valence-corrected chi connectivity index (χ3v) is 2.49. The standard InChI is InChI=1S/C12H16F4N2/c1-2-7-18(8-12(15,16)11(13)14)10-6-4-3-5-9(10)17/h3-6,11H,2,7-8,17H2,1H3. The number of nitrogen functional groups attached to an aromatic ring is 1. The summed E-state index contributed by atoms with van der Waals surface area (Å²) < 4.78 is 50.7. The number of para-hydroxylation sites is 2. The molecule has 0 aromatic heterocycles. The van der Waals surface area contributed by atoms with E-state index < -0.39 is 18.9 Å². The van der Waals surface area contributed by atoms with Gasteiger partial charge in [0.2, 0.25) is 0 Å². The first kappa shape index (κ1) is 14.6. The maximum atomic E-state index is 13.1. The number of nitrogens with two attached hydrogens (primary N) is 1. The lowest BCUT2D eigenvalue weighted by Gasteiger charge is -2.29. The molecule has 1 aromatic carbocycles. The molecule has 0 unspecified atom stereocenters. The van der Waals surface area contributed by atoms with E-state index in [2.05, 4.69) is 0 Å². The van der Waals surface area contributed by atoms with E-state index in [0.29, 0.717) is 17.8 Å². The molecule has 0 aliphatic carbocycles. The van der Waals surface area contributed by atoms with Crippen LogP contribution in [0.4, 0.5) is 28.9 Å². The van der Waals surface area contributed by atoms with Crippen LogP contribution in [0.3, 0.4) is 0 Å². The molecule has 0 radical (unpaired) electrons. The SMILES string of the molecule is CCCN(CC(F)(F)C(F)F)c1ccccc1N. The summed E-state index contributed by atoms with van der Waals surface area (Å²) in [6, 6.07) is 6.40. The van der Waals surface area contributed by atoms with Crippen LogP contribution >= 0.6 is 0 Å². The molecule has 6 heteroatoms. The number of benzene rings is 1. The Kier molecular flexibility index (Phi) is 4.81. The number of hydrogen-bond donors (Lipinski definition) is 1. The summed E-state index contributed by atoms with van der Waals surface area (Å²) in [4.78, 5) is 1.20. The second kappa shape index (κ2) is 5.93. The van der Waals surface area contributed by atoms with Gasteiger partial charge in [0, 0.05) is 6.54 Å². The van der Waals surface area contributed by atoms with E-state index in [0.717, 1.165) is 0 Å². The molecule has 1 aromatic rings. The smallest absolute Gasteiger partial charge is 0.324 e. The van der Waals surface area contributed by atoms with Gasteiger partial charge < -0.3 is 10.6 Å². The predicted molar refractivity (Wildman–Crippen MR) is 64.3 cm³/mol. The Balaban J connectivity index is 2.94. The lowest BCUT2D eigenvalue weighted by molar-refractivity contribution is -0.121. The molecule has 0 saturated heterocycles. The lowest BCUT2D eigenvalue weighted by Crippen LogP contribution is -2.42. The highest BCUT2D eigenvalue weighted by Gasteiger charge is 2.42. The molecule has 2 nitrogen and oxygen atoms in total. The number of hydrogen-bond acceptors (Lipinski definition) is 2. The fourth-order valence-electron chi connectivity index (χ4n) is 1.65. The molecular formula is C12H16F4N2. The van der Waals surface area contributed by atoms with E-state index in [4.69, 9.17) is 5.73 Å². The van der Waals surface area contributed by atoms with Crippen LogP contribution in [0.2, 0.25) is 0 Å². The topological polar surface area (TPSA) is 29.3 Å². The van der Waals surface area contributed by atoms with Gasteiger partial charge in [0.25, 0.3) is 0 Å². The van der Waals surface area contributed by atoms with Gasteiger partial charge in [-0.25, -0.2) is 8.78 Å². The third-order valence-electron chi connectivity index (χ3n) is 2.49. The van der Waals surface area contributed by atoms with Gasteiger partial charge >= 0.3 is 12.3 Å². The average Bonchev–Trinajstić information content (AvgIpc) is 2.28. The second-order valence-electron chi connectivity index (χ2n) is 4.04. The van der Waals surface area contributed by atoms with Crippen molar-refractivity contribution in [3.8, 4) is 0 Å². The Hall–Kier alpha value is -1.46. The molecule has 18 heavy (non-hydrogen) atoms. The molecule has 0 spiro atoms. The van der Waals surface area contributed by atoms with Crippen LogP contribution in [-0.4, -0.2) is 25.4 Å². The molecule has 0 fully saturated rings. The van der Waals surface area contributed by atoms with E-state index in [-0.39, 0.29) is 6.54 Å². The zero-order valence-corrected chi connectivity index (χ0v) is 10.0. The van der Waals surface area contributed by atoms with E-state index in [9.17, 15) is 17.6 Å². The Morgan fingerprint density at radius 1 is 1.28 bits per heavy atom. The summed E-state index contributed by atoms with van der Waals surface area (Å²) in [7, 11) is 0. The van der Waals surface area contributed by atoms with Crippen molar-refractivity contribution in [1.82, 2.24) is 0 Å². The van der Waals surface area contributed by atoms with Crippen LogP contribution in [0.1, 0.15) is 13.3 Å².